The first-order chi connectivity index (χ1) is 12.3. The lowest BCUT2D eigenvalue weighted by Crippen LogP contribution is -2.42. The maximum atomic E-state index is 12.1. The zero-order valence-electron chi connectivity index (χ0n) is 13.8. The molecule has 2 rings (SSSR count). The minimum absolute atomic E-state index is 0.393. The zero-order valence-corrected chi connectivity index (χ0v) is 13.8. The Bertz CT molecular complexity index is 799. The molecule has 0 spiro atoms. The van der Waals surface area contributed by atoms with Gasteiger partial charge in [0.2, 0.25) is 5.91 Å². The van der Waals surface area contributed by atoms with Crippen LogP contribution >= 0.6 is 0 Å². The molecular formula is C18H16F3N3O2. The number of carbonyl (C=O) groups is 1. The van der Waals surface area contributed by atoms with Crippen molar-refractivity contribution in [2.75, 3.05) is 11.9 Å². The van der Waals surface area contributed by atoms with Crippen molar-refractivity contribution in [1.29, 1.82) is 5.26 Å². The van der Waals surface area contributed by atoms with Crippen molar-refractivity contribution in [2.45, 2.75) is 19.1 Å². The van der Waals surface area contributed by atoms with Gasteiger partial charge in [-0.15, -0.1) is 0 Å². The normalized spacial score (nSPS) is 12.0. The Hall–Kier alpha value is -3.21. The van der Waals surface area contributed by atoms with Crippen LogP contribution in [0.5, 0.6) is 11.5 Å². The summed E-state index contributed by atoms with van der Waals surface area (Å²) in [6.45, 7) is 0.0855. The maximum Gasteiger partial charge on any atom is 0.405 e. The molecule has 8 heteroatoms. The number of para-hydroxylation sites is 1. The van der Waals surface area contributed by atoms with E-state index in [0.717, 1.165) is 0 Å². The van der Waals surface area contributed by atoms with Crippen molar-refractivity contribution in [1.82, 2.24) is 5.32 Å². The van der Waals surface area contributed by atoms with Crippen LogP contribution in [0.4, 0.5) is 18.9 Å². The molecule has 5 nitrogen and oxygen atoms in total. The second-order valence-corrected chi connectivity index (χ2v) is 5.43. The molecule has 0 aliphatic carbocycles. The molecular weight excluding hydrogens is 347 g/mol. The number of anilines is 1. The molecule has 0 aliphatic rings. The van der Waals surface area contributed by atoms with Gasteiger partial charge in [-0.3, -0.25) is 4.79 Å². The van der Waals surface area contributed by atoms with E-state index in [0.29, 0.717) is 22.7 Å². The first-order valence-electron chi connectivity index (χ1n) is 7.66. The molecule has 0 saturated carbocycles. The molecule has 2 aromatic carbocycles. The largest absolute Gasteiger partial charge is 0.456 e. The van der Waals surface area contributed by atoms with E-state index in [9.17, 15) is 18.0 Å². The van der Waals surface area contributed by atoms with Crippen LogP contribution in [0.15, 0.2) is 48.5 Å². The Morgan fingerprint density at radius 2 is 1.85 bits per heavy atom. The van der Waals surface area contributed by atoms with Crippen LogP contribution in [0.3, 0.4) is 0 Å². The van der Waals surface area contributed by atoms with Gasteiger partial charge < -0.3 is 15.4 Å². The molecule has 0 heterocycles. The van der Waals surface area contributed by atoms with Crippen LogP contribution in [0, 0.1) is 11.3 Å². The van der Waals surface area contributed by atoms with Gasteiger partial charge in [0.05, 0.1) is 5.56 Å². The first-order valence-corrected chi connectivity index (χ1v) is 7.66. The Balaban J connectivity index is 1.95. The second kappa shape index (κ2) is 8.25. The standard InChI is InChI=1S/C18H16F3N3O2/c1-12(17(25)23-11-18(19,20)21)24-14-6-8-15(9-7-14)26-16-5-3-2-4-13(16)10-22/h2-9,12,24H,11H2,1H3,(H,23,25). The molecule has 1 unspecified atom stereocenters. The average Bonchev–Trinajstić information content (AvgIpc) is 2.61. The summed E-state index contributed by atoms with van der Waals surface area (Å²) in [7, 11) is 0. The fourth-order valence-electron chi connectivity index (χ4n) is 2.05. The van der Waals surface area contributed by atoms with Crippen molar-refractivity contribution in [3.05, 3.63) is 54.1 Å². The number of benzene rings is 2. The van der Waals surface area contributed by atoms with Gasteiger partial charge in [-0.25, -0.2) is 0 Å². The lowest BCUT2D eigenvalue weighted by Gasteiger charge is -2.16. The molecule has 1 amide bonds. The van der Waals surface area contributed by atoms with Gasteiger partial charge in [-0.05, 0) is 43.3 Å². The van der Waals surface area contributed by atoms with Crippen molar-refractivity contribution in [3.63, 3.8) is 0 Å². The lowest BCUT2D eigenvalue weighted by atomic mass is 10.2. The highest BCUT2D eigenvalue weighted by atomic mass is 19.4. The van der Waals surface area contributed by atoms with E-state index >= 15 is 0 Å². The highest BCUT2D eigenvalue weighted by molar-refractivity contribution is 5.84. The molecule has 0 aromatic heterocycles. The summed E-state index contributed by atoms with van der Waals surface area (Å²) in [6.07, 6.45) is -4.45. The fraction of sp³-hybridized carbons (Fsp3) is 0.222. The number of amides is 1. The summed E-state index contributed by atoms with van der Waals surface area (Å²) in [5.41, 5.74) is 0.935. The summed E-state index contributed by atoms with van der Waals surface area (Å²) in [5.74, 6) is 0.133. The molecule has 0 saturated heterocycles. The Labute approximate surface area is 148 Å². The van der Waals surface area contributed by atoms with Crippen LogP contribution in [0.1, 0.15) is 12.5 Å². The smallest absolute Gasteiger partial charge is 0.405 e. The number of alkyl halides is 3. The van der Waals surface area contributed by atoms with Crippen LogP contribution < -0.4 is 15.4 Å². The predicted molar refractivity (Wildman–Crippen MR) is 89.8 cm³/mol. The molecule has 0 radical (unpaired) electrons. The molecule has 136 valence electrons. The van der Waals surface area contributed by atoms with Gasteiger partial charge in [-0.2, -0.15) is 18.4 Å². The van der Waals surface area contributed by atoms with Gasteiger partial charge in [0.25, 0.3) is 0 Å². The van der Waals surface area contributed by atoms with E-state index in [2.05, 4.69) is 5.32 Å². The number of ether oxygens (including phenoxy) is 1. The van der Waals surface area contributed by atoms with E-state index in [-0.39, 0.29) is 0 Å². The molecule has 2 N–H and O–H groups in total. The van der Waals surface area contributed by atoms with Crippen molar-refractivity contribution < 1.29 is 22.7 Å². The molecule has 2 aromatic rings. The van der Waals surface area contributed by atoms with Crippen LogP contribution in [-0.2, 0) is 4.79 Å². The van der Waals surface area contributed by atoms with Gasteiger partial charge in [-0.1, -0.05) is 12.1 Å². The molecule has 1 atom stereocenters. The number of hydrogen-bond donors (Lipinski definition) is 2. The van der Waals surface area contributed by atoms with Crippen LogP contribution in [0.2, 0.25) is 0 Å². The summed E-state index contributed by atoms with van der Waals surface area (Å²) >= 11 is 0. The number of nitrogens with one attached hydrogen (secondary N) is 2. The van der Waals surface area contributed by atoms with Crippen molar-refractivity contribution in [2.24, 2.45) is 0 Å². The number of carbonyl (C=O) groups excluding carboxylic acids is 1. The van der Waals surface area contributed by atoms with Crippen molar-refractivity contribution >= 4 is 11.6 Å². The Kier molecular flexibility index (Phi) is 6.07. The third-order valence-corrected chi connectivity index (χ3v) is 3.33. The summed E-state index contributed by atoms with van der Waals surface area (Å²) in [4.78, 5) is 11.6. The van der Waals surface area contributed by atoms with E-state index < -0.39 is 24.7 Å². The highest BCUT2D eigenvalue weighted by Crippen LogP contribution is 2.26. The third kappa shape index (κ3) is 5.70. The summed E-state index contributed by atoms with van der Waals surface area (Å²) < 4.78 is 42.0. The predicted octanol–water partition coefficient (Wildman–Crippen LogP) is 3.83. The monoisotopic (exact) mass is 363 g/mol. The molecule has 0 bridgehead atoms. The zero-order chi connectivity index (χ0) is 19.2. The first kappa shape index (κ1) is 19.1. The third-order valence-electron chi connectivity index (χ3n) is 3.33. The minimum atomic E-state index is -4.45. The van der Waals surface area contributed by atoms with Crippen molar-refractivity contribution in [3.8, 4) is 17.6 Å². The number of rotatable bonds is 6. The topological polar surface area (TPSA) is 74.1 Å². The molecule has 26 heavy (non-hydrogen) atoms. The van der Waals surface area contributed by atoms with Gasteiger partial charge in [0, 0.05) is 5.69 Å². The number of nitriles is 1. The molecule has 0 aliphatic heterocycles. The van der Waals surface area contributed by atoms with Crippen LogP contribution in [-0.4, -0.2) is 24.7 Å². The lowest BCUT2D eigenvalue weighted by molar-refractivity contribution is -0.138. The average molecular weight is 363 g/mol. The fourth-order valence-corrected chi connectivity index (χ4v) is 2.05. The van der Waals surface area contributed by atoms with E-state index in [4.69, 9.17) is 10.00 Å². The highest BCUT2D eigenvalue weighted by Gasteiger charge is 2.28. The SMILES string of the molecule is CC(Nc1ccc(Oc2ccccc2C#N)cc1)C(=O)NCC(F)(F)F. The van der Waals surface area contributed by atoms with Crippen LogP contribution in [0.25, 0.3) is 0 Å². The molecule has 0 fully saturated rings. The quantitative estimate of drug-likeness (QED) is 0.818. The Morgan fingerprint density at radius 3 is 2.46 bits per heavy atom. The van der Waals surface area contributed by atoms with Gasteiger partial charge in [0.15, 0.2) is 0 Å². The van der Waals surface area contributed by atoms with E-state index in [1.165, 1.54) is 6.92 Å². The maximum absolute atomic E-state index is 12.1. The minimum Gasteiger partial charge on any atom is -0.456 e. The van der Waals surface area contributed by atoms with E-state index in [1.807, 2.05) is 11.4 Å². The van der Waals surface area contributed by atoms with Gasteiger partial charge >= 0.3 is 6.18 Å². The second-order valence-electron chi connectivity index (χ2n) is 5.43. The number of halogens is 3. The summed E-state index contributed by atoms with van der Waals surface area (Å²) in [6, 6.07) is 14.4. The number of hydrogen-bond acceptors (Lipinski definition) is 4. The Morgan fingerprint density at radius 1 is 1.19 bits per heavy atom. The van der Waals surface area contributed by atoms with Gasteiger partial charge in [0.1, 0.15) is 30.2 Å². The number of nitrogens with zero attached hydrogens (tertiary/aromatic N) is 1. The van der Waals surface area contributed by atoms with E-state index in [1.54, 1.807) is 48.5 Å². The summed E-state index contributed by atoms with van der Waals surface area (Å²) in [5, 5.41) is 13.7.